The molecule has 12 nitrogen and oxygen atoms in total. The van der Waals surface area contributed by atoms with Gasteiger partial charge in [0.1, 0.15) is 37.1 Å². The van der Waals surface area contributed by atoms with Crippen molar-refractivity contribution in [1.82, 2.24) is 29.3 Å². The monoisotopic (exact) mass is 654 g/mol. The Morgan fingerprint density at radius 3 is 2.35 bits per heavy atom. The van der Waals surface area contributed by atoms with Crippen LogP contribution in [0, 0.1) is 5.82 Å². The maximum atomic E-state index is 15.4. The summed E-state index contributed by atoms with van der Waals surface area (Å²) >= 11 is 0. The van der Waals surface area contributed by atoms with Crippen LogP contribution in [-0.2, 0) is 21.8 Å². The van der Waals surface area contributed by atoms with Gasteiger partial charge in [-0.1, -0.05) is 37.3 Å². The molecular weight excluding hydrogens is 615 g/mol. The van der Waals surface area contributed by atoms with Gasteiger partial charge in [0.05, 0.1) is 36.4 Å². The fraction of sp³-hybridized carbons (Fsp3) is 0.371. The van der Waals surface area contributed by atoms with Crippen molar-refractivity contribution in [2.75, 3.05) is 49.2 Å². The standard InChI is InChI=1S/C35H39FN8O4/c1-3-26(2)44-34(45)42(25-39-44)29-11-9-28(10-12-29)40-17-19-41(20-18-40)33-14-13-30(21-32(33)36)46-22-31-23-47-35(48-31,24-43-37-15-16-38-43)27-7-5-4-6-8-27/h4-16,21,25-26,31H,3,17-20,22-24H2,1-2H3/t26?,31-,35-/m1/s1. The molecule has 0 amide bonds. The highest BCUT2D eigenvalue weighted by atomic mass is 19.1. The molecule has 0 saturated carbocycles. The first-order valence-corrected chi connectivity index (χ1v) is 16.3. The molecule has 13 heteroatoms. The molecule has 4 heterocycles. The number of hydrogen-bond acceptors (Lipinski definition) is 9. The van der Waals surface area contributed by atoms with Crippen LogP contribution in [0.5, 0.6) is 5.75 Å². The third kappa shape index (κ3) is 6.43. The average molecular weight is 655 g/mol. The third-order valence-electron chi connectivity index (χ3n) is 9.06. The van der Waals surface area contributed by atoms with E-state index in [1.165, 1.54) is 15.5 Å². The number of nitrogens with zero attached hydrogens (tertiary/aromatic N) is 8. The summed E-state index contributed by atoms with van der Waals surface area (Å²) in [5, 5.41) is 12.7. The van der Waals surface area contributed by atoms with Gasteiger partial charge in [-0.05, 0) is 49.7 Å². The fourth-order valence-electron chi connectivity index (χ4n) is 6.20. The van der Waals surface area contributed by atoms with Crippen molar-refractivity contribution in [1.29, 1.82) is 0 Å². The van der Waals surface area contributed by atoms with Crippen molar-refractivity contribution in [2.24, 2.45) is 0 Å². The zero-order valence-corrected chi connectivity index (χ0v) is 27.1. The van der Waals surface area contributed by atoms with E-state index >= 15 is 4.39 Å². The summed E-state index contributed by atoms with van der Waals surface area (Å²) in [4.78, 5) is 18.6. The molecule has 5 aromatic rings. The molecule has 7 rings (SSSR count). The summed E-state index contributed by atoms with van der Waals surface area (Å²) in [5.74, 6) is -0.955. The van der Waals surface area contributed by atoms with Gasteiger partial charge in [-0.25, -0.2) is 18.4 Å². The van der Waals surface area contributed by atoms with Gasteiger partial charge in [0.2, 0.25) is 5.79 Å². The molecule has 0 spiro atoms. The minimum atomic E-state index is -1.05. The Balaban J connectivity index is 0.936. The van der Waals surface area contributed by atoms with E-state index in [0.717, 1.165) is 36.4 Å². The van der Waals surface area contributed by atoms with Crippen LogP contribution in [0.2, 0.25) is 0 Å². The zero-order chi connectivity index (χ0) is 33.1. The maximum Gasteiger partial charge on any atom is 0.350 e. The first-order valence-electron chi connectivity index (χ1n) is 16.3. The Labute approximate surface area is 277 Å². The summed E-state index contributed by atoms with van der Waals surface area (Å²) in [6.45, 7) is 7.62. The summed E-state index contributed by atoms with van der Waals surface area (Å²) < 4.78 is 37.1. The normalized spacial score (nSPS) is 20.3. The molecule has 2 saturated heterocycles. The lowest BCUT2D eigenvalue weighted by atomic mass is 10.1. The average Bonchev–Trinajstić information content (AvgIpc) is 3.89. The number of halogens is 1. The van der Waals surface area contributed by atoms with Crippen molar-refractivity contribution < 1.29 is 18.6 Å². The molecule has 3 atom stereocenters. The van der Waals surface area contributed by atoms with E-state index in [-0.39, 0.29) is 36.8 Å². The van der Waals surface area contributed by atoms with Crippen LogP contribution in [0.25, 0.3) is 5.69 Å². The second kappa shape index (κ2) is 13.6. The van der Waals surface area contributed by atoms with Crippen LogP contribution in [-0.4, -0.2) is 74.8 Å². The third-order valence-corrected chi connectivity index (χ3v) is 9.06. The van der Waals surface area contributed by atoms with Gasteiger partial charge in [-0.2, -0.15) is 20.1 Å². The number of benzene rings is 3. The van der Waals surface area contributed by atoms with Crippen LogP contribution in [0.1, 0.15) is 31.9 Å². The number of hydrogen-bond donors (Lipinski definition) is 0. The Morgan fingerprint density at radius 2 is 1.65 bits per heavy atom. The topological polar surface area (TPSA) is 105 Å². The summed E-state index contributed by atoms with van der Waals surface area (Å²) in [5.41, 5.74) is 3.09. The summed E-state index contributed by atoms with van der Waals surface area (Å²) in [7, 11) is 0. The van der Waals surface area contributed by atoms with Crippen molar-refractivity contribution in [3.8, 4) is 11.4 Å². The van der Waals surface area contributed by atoms with Gasteiger partial charge in [0, 0.05) is 43.5 Å². The number of ether oxygens (including phenoxy) is 3. The van der Waals surface area contributed by atoms with Gasteiger partial charge in [-0.3, -0.25) is 0 Å². The highest BCUT2D eigenvalue weighted by Crippen LogP contribution is 2.36. The molecule has 250 valence electrons. The minimum absolute atomic E-state index is 0.0442. The van der Waals surface area contributed by atoms with Gasteiger partial charge >= 0.3 is 5.69 Å². The molecule has 2 aromatic heterocycles. The highest BCUT2D eigenvalue weighted by Gasteiger charge is 2.44. The van der Waals surface area contributed by atoms with E-state index in [4.69, 9.17) is 14.2 Å². The van der Waals surface area contributed by atoms with Crippen LogP contribution in [0.3, 0.4) is 0 Å². The Bertz CT molecular complexity index is 1860. The molecule has 2 aliphatic rings. The lowest BCUT2D eigenvalue weighted by Crippen LogP contribution is -2.46. The maximum absolute atomic E-state index is 15.4. The van der Waals surface area contributed by atoms with Crippen LogP contribution in [0.4, 0.5) is 15.8 Å². The van der Waals surface area contributed by atoms with Gasteiger partial charge in [0.15, 0.2) is 0 Å². The summed E-state index contributed by atoms with van der Waals surface area (Å²) in [6, 6.07) is 22.6. The van der Waals surface area contributed by atoms with Crippen molar-refractivity contribution in [3.05, 3.63) is 113 Å². The lowest BCUT2D eigenvalue weighted by molar-refractivity contribution is -0.192. The Morgan fingerprint density at radius 1 is 0.938 bits per heavy atom. The minimum Gasteiger partial charge on any atom is -0.491 e. The molecule has 0 aliphatic carbocycles. The van der Waals surface area contributed by atoms with E-state index < -0.39 is 5.79 Å². The lowest BCUT2D eigenvalue weighted by Gasteiger charge is -2.37. The Kier molecular flexibility index (Phi) is 8.96. The second-order valence-corrected chi connectivity index (χ2v) is 12.1. The van der Waals surface area contributed by atoms with Crippen molar-refractivity contribution in [2.45, 2.75) is 44.7 Å². The first-order chi connectivity index (χ1) is 23.4. The van der Waals surface area contributed by atoms with Crippen molar-refractivity contribution in [3.63, 3.8) is 0 Å². The van der Waals surface area contributed by atoms with E-state index in [1.807, 2.05) is 68.4 Å². The molecule has 0 radical (unpaired) electrons. The van der Waals surface area contributed by atoms with E-state index in [9.17, 15) is 4.79 Å². The van der Waals surface area contributed by atoms with E-state index in [1.54, 1.807) is 35.4 Å². The van der Waals surface area contributed by atoms with Gasteiger partial charge < -0.3 is 24.0 Å². The van der Waals surface area contributed by atoms with E-state index in [2.05, 4.69) is 25.1 Å². The molecule has 3 aromatic carbocycles. The summed E-state index contributed by atoms with van der Waals surface area (Å²) in [6.07, 6.45) is 5.26. The number of aromatic nitrogens is 6. The molecule has 2 aliphatic heterocycles. The number of rotatable bonds is 11. The fourth-order valence-corrected chi connectivity index (χ4v) is 6.20. The van der Waals surface area contributed by atoms with Crippen LogP contribution >= 0.6 is 0 Å². The van der Waals surface area contributed by atoms with Gasteiger partial charge in [0.25, 0.3) is 0 Å². The molecule has 2 fully saturated rings. The first kappa shape index (κ1) is 31.6. The predicted octanol–water partition coefficient (Wildman–Crippen LogP) is 4.41. The highest BCUT2D eigenvalue weighted by molar-refractivity contribution is 5.55. The second-order valence-electron chi connectivity index (χ2n) is 12.1. The zero-order valence-electron chi connectivity index (χ0n) is 27.1. The molecule has 0 N–H and O–H groups in total. The molecular formula is C35H39FN8O4. The number of anilines is 2. The Hall–Kier alpha value is -5.01. The van der Waals surface area contributed by atoms with E-state index in [0.29, 0.717) is 31.1 Å². The molecule has 1 unspecified atom stereocenters. The van der Waals surface area contributed by atoms with Gasteiger partial charge in [-0.15, -0.1) is 0 Å². The quantitative estimate of drug-likeness (QED) is 0.205. The molecule has 48 heavy (non-hydrogen) atoms. The van der Waals surface area contributed by atoms with Crippen LogP contribution in [0.15, 0.2) is 96.3 Å². The smallest absolute Gasteiger partial charge is 0.350 e. The molecule has 0 bridgehead atoms. The number of piperazine rings is 1. The SMILES string of the molecule is CCC(C)n1ncn(-c2ccc(N3CCN(c4ccc(OC[C@@H]5CO[C@@](Cn6nccn6)(c6ccccc6)O5)cc4F)CC3)cc2)c1=O. The largest absolute Gasteiger partial charge is 0.491 e. The van der Waals surface area contributed by atoms with Crippen LogP contribution < -0.4 is 20.2 Å². The predicted molar refractivity (Wildman–Crippen MR) is 178 cm³/mol. The van der Waals surface area contributed by atoms with Crippen molar-refractivity contribution >= 4 is 11.4 Å².